The number of hydrogen-bond donors (Lipinski definition) is 1. The maximum atomic E-state index is 13.0. The monoisotopic (exact) mass is 450 g/mol. The van der Waals surface area contributed by atoms with Crippen molar-refractivity contribution in [2.45, 2.75) is 19.4 Å². The van der Waals surface area contributed by atoms with Crippen LogP contribution in [-0.2, 0) is 16.0 Å². The van der Waals surface area contributed by atoms with Gasteiger partial charge in [-0.2, -0.15) is 4.55 Å². The highest BCUT2D eigenvalue weighted by molar-refractivity contribution is 7.90. The van der Waals surface area contributed by atoms with E-state index >= 15 is 0 Å². The molecule has 4 rings (SSSR count). The molecule has 6 heteroatoms. The Labute approximate surface area is 192 Å². The fourth-order valence-electron chi connectivity index (χ4n) is 3.78. The summed E-state index contributed by atoms with van der Waals surface area (Å²) >= 11 is -0.631. The molecule has 1 fully saturated rings. The molecule has 0 spiro atoms. The van der Waals surface area contributed by atoms with Crippen LogP contribution < -0.4 is 14.4 Å². The van der Waals surface area contributed by atoms with Crippen molar-refractivity contribution in [1.29, 1.82) is 0 Å². The summed E-state index contributed by atoms with van der Waals surface area (Å²) in [4.78, 5) is 14.8. The van der Waals surface area contributed by atoms with Gasteiger partial charge in [0.05, 0.1) is 0 Å². The van der Waals surface area contributed by atoms with Crippen LogP contribution in [0.25, 0.3) is 11.1 Å². The van der Waals surface area contributed by atoms with Gasteiger partial charge in [0.15, 0.2) is 11.9 Å². The zero-order chi connectivity index (χ0) is 22.5. The fraction of sp³-hybridized carbons (Fsp3) is 0.269. The zero-order valence-corrected chi connectivity index (χ0v) is 19.2. The van der Waals surface area contributed by atoms with Crippen molar-refractivity contribution in [1.82, 2.24) is 0 Å². The van der Waals surface area contributed by atoms with E-state index in [-0.39, 0.29) is 5.91 Å². The summed E-state index contributed by atoms with van der Waals surface area (Å²) in [6, 6.07) is 23.8. The van der Waals surface area contributed by atoms with Crippen LogP contribution in [0.5, 0.6) is 11.5 Å². The average Bonchev–Trinajstić information content (AvgIpc) is 3.16. The van der Waals surface area contributed by atoms with E-state index in [0.29, 0.717) is 31.1 Å². The number of benzene rings is 3. The third-order valence-electron chi connectivity index (χ3n) is 5.50. The van der Waals surface area contributed by atoms with Gasteiger partial charge in [0.1, 0.15) is 35.5 Å². The van der Waals surface area contributed by atoms with Crippen molar-refractivity contribution in [3.63, 3.8) is 0 Å². The van der Waals surface area contributed by atoms with Crippen LogP contribution in [0.2, 0.25) is 0 Å². The largest absolute Gasteiger partial charge is 0.488 e. The molecule has 1 saturated heterocycles. The van der Waals surface area contributed by atoms with E-state index in [1.165, 1.54) is 0 Å². The van der Waals surface area contributed by atoms with Gasteiger partial charge in [-0.3, -0.25) is 4.79 Å². The summed E-state index contributed by atoms with van der Waals surface area (Å²) in [6.07, 6.45) is 1.93. The first-order chi connectivity index (χ1) is 15.5. The lowest BCUT2D eigenvalue weighted by atomic mass is 10.1. The lowest BCUT2D eigenvalue weighted by Gasteiger charge is -2.19. The third kappa shape index (κ3) is 5.26. The Hall–Kier alpha value is -2.96. The number of carbonyl (C=O) groups is 1. The Morgan fingerprint density at radius 2 is 1.75 bits per heavy atom. The van der Waals surface area contributed by atoms with E-state index in [9.17, 15) is 9.35 Å². The number of carbonyl (C=O) groups excluding carboxylic acids is 1. The van der Waals surface area contributed by atoms with Gasteiger partial charge >= 0.3 is 0 Å². The summed E-state index contributed by atoms with van der Waals surface area (Å²) in [7, 11) is 0. The normalized spacial score (nSPS) is 16.8. The molecule has 1 aliphatic heterocycles. The highest BCUT2D eigenvalue weighted by atomic mass is 32.2. The molecule has 0 bridgehead atoms. The predicted molar refractivity (Wildman–Crippen MR) is 131 cm³/mol. The molecular formula is C26H28NO4S+. The van der Waals surface area contributed by atoms with Gasteiger partial charge in [0, 0.05) is 18.7 Å². The first kappa shape index (κ1) is 22.2. The van der Waals surface area contributed by atoms with Crippen molar-refractivity contribution in [2.24, 2.45) is 0 Å². The molecule has 2 atom stereocenters. The predicted octanol–water partition coefficient (Wildman–Crippen LogP) is 4.95. The van der Waals surface area contributed by atoms with Crippen LogP contribution in [0, 0.1) is 6.92 Å². The zero-order valence-electron chi connectivity index (χ0n) is 18.4. The molecule has 5 nitrogen and oxygen atoms in total. The molecule has 2 unspecified atom stereocenters. The van der Waals surface area contributed by atoms with Gasteiger partial charge in [-0.15, -0.1) is 0 Å². The summed E-state index contributed by atoms with van der Waals surface area (Å²) < 4.78 is 21.2. The molecule has 1 aliphatic rings. The Balaban J connectivity index is 1.38. The topological polar surface area (TPSA) is 59.0 Å². The van der Waals surface area contributed by atoms with E-state index in [4.69, 9.17) is 9.47 Å². The van der Waals surface area contributed by atoms with E-state index in [0.717, 1.165) is 28.1 Å². The van der Waals surface area contributed by atoms with E-state index < -0.39 is 17.3 Å². The molecule has 0 radical (unpaired) electrons. The quantitative estimate of drug-likeness (QED) is 0.494. The van der Waals surface area contributed by atoms with Crippen LogP contribution in [0.4, 0.5) is 5.69 Å². The van der Waals surface area contributed by atoms with E-state index in [2.05, 4.69) is 12.1 Å². The molecule has 0 aromatic heterocycles. The molecule has 1 heterocycles. The van der Waals surface area contributed by atoms with E-state index in [1.807, 2.05) is 67.6 Å². The number of nitrogens with zero attached hydrogens (tertiary/aromatic N) is 1. The Morgan fingerprint density at radius 3 is 2.44 bits per heavy atom. The first-order valence-corrected chi connectivity index (χ1v) is 12.5. The van der Waals surface area contributed by atoms with Crippen molar-refractivity contribution < 1.29 is 18.8 Å². The van der Waals surface area contributed by atoms with Gasteiger partial charge in [0.25, 0.3) is 5.91 Å². The standard InChI is InChI=1S/C26H28NO4S/c1-19-18-22(10-13-24(19)30-16-17-32(2)29)27-15-14-25(26(27)28)31-23-11-8-21(9-12-23)20-6-4-3-5-7-20/h3-13,18,25,29H,14-17H2,1-2H3/q+1. The minimum atomic E-state index is -0.631. The minimum Gasteiger partial charge on any atom is -0.488 e. The summed E-state index contributed by atoms with van der Waals surface area (Å²) in [5.41, 5.74) is 4.08. The molecule has 1 N–H and O–H groups in total. The van der Waals surface area contributed by atoms with Crippen molar-refractivity contribution in [3.05, 3.63) is 78.4 Å². The molecule has 1 amide bonds. The van der Waals surface area contributed by atoms with Crippen molar-refractivity contribution >= 4 is 22.8 Å². The lowest BCUT2D eigenvalue weighted by molar-refractivity contribution is -0.122. The number of rotatable bonds is 8. The molecular weight excluding hydrogens is 422 g/mol. The van der Waals surface area contributed by atoms with E-state index in [1.54, 1.807) is 11.2 Å². The maximum Gasteiger partial charge on any atom is 0.268 e. The summed E-state index contributed by atoms with van der Waals surface area (Å²) in [5, 5.41) is 0. The number of aryl methyl sites for hydroxylation is 1. The van der Waals surface area contributed by atoms with Crippen LogP contribution in [0.3, 0.4) is 0 Å². The number of hydrogen-bond acceptors (Lipinski definition) is 4. The Bertz CT molecular complexity index is 1050. The first-order valence-electron chi connectivity index (χ1n) is 10.7. The van der Waals surface area contributed by atoms with Crippen LogP contribution >= 0.6 is 0 Å². The van der Waals surface area contributed by atoms with Gasteiger partial charge in [-0.25, -0.2) is 0 Å². The third-order valence-corrected chi connectivity index (χ3v) is 6.26. The van der Waals surface area contributed by atoms with Crippen molar-refractivity contribution in [2.75, 3.05) is 30.1 Å². The van der Waals surface area contributed by atoms with Gasteiger partial charge < -0.3 is 14.4 Å². The molecule has 0 saturated carbocycles. The highest BCUT2D eigenvalue weighted by Gasteiger charge is 2.34. The van der Waals surface area contributed by atoms with Gasteiger partial charge in [-0.05, 0) is 53.9 Å². The molecule has 166 valence electrons. The fourth-order valence-corrected chi connectivity index (χ4v) is 4.10. The number of ether oxygens (including phenoxy) is 2. The molecule has 0 aliphatic carbocycles. The van der Waals surface area contributed by atoms with Crippen LogP contribution in [-0.4, -0.2) is 41.7 Å². The summed E-state index contributed by atoms with van der Waals surface area (Å²) in [6.45, 7) is 3.05. The molecule has 32 heavy (non-hydrogen) atoms. The number of anilines is 1. The molecule has 3 aromatic carbocycles. The number of amides is 1. The van der Waals surface area contributed by atoms with Gasteiger partial charge in [0.2, 0.25) is 0 Å². The van der Waals surface area contributed by atoms with Gasteiger partial charge in [-0.1, -0.05) is 42.5 Å². The van der Waals surface area contributed by atoms with Crippen LogP contribution in [0.15, 0.2) is 72.8 Å². The maximum absolute atomic E-state index is 13.0. The smallest absolute Gasteiger partial charge is 0.268 e. The average molecular weight is 451 g/mol. The lowest BCUT2D eigenvalue weighted by Crippen LogP contribution is -2.32. The molecule has 3 aromatic rings. The minimum absolute atomic E-state index is 0.0273. The Morgan fingerprint density at radius 1 is 1.03 bits per heavy atom. The summed E-state index contributed by atoms with van der Waals surface area (Å²) in [5.74, 6) is 2.05. The highest BCUT2D eigenvalue weighted by Crippen LogP contribution is 2.30. The van der Waals surface area contributed by atoms with Crippen molar-refractivity contribution in [3.8, 4) is 22.6 Å². The SMILES string of the molecule is Cc1cc(N2CCC(Oc3ccc(-c4ccccc4)cc3)C2=O)ccc1OCC[S+](C)O. The second-order valence-corrected chi connectivity index (χ2v) is 9.49. The van der Waals surface area contributed by atoms with Crippen LogP contribution in [0.1, 0.15) is 12.0 Å². The Kier molecular flexibility index (Phi) is 7.02. The second kappa shape index (κ2) is 10.1. The second-order valence-electron chi connectivity index (χ2n) is 7.88.